The fourth-order valence-electron chi connectivity index (χ4n) is 8.94. The number of benzene rings is 5. The number of Topliss-reactive ketones (excluding diaryl/α,β-unsaturated/α-hetero) is 1. The zero-order chi connectivity index (χ0) is 38.7. The Hall–Kier alpha value is -6.80. The smallest absolute Gasteiger partial charge is 0.219 e. The van der Waals surface area contributed by atoms with Crippen molar-refractivity contribution in [2.45, 2.75) is 45.4 Å². The predicted molar refractivity (Wildman–Crippen MR) is 216 cm³/mol. The standard InChI is InChI=1S/C47H38N2O6/c1-25-35(49-33-20-12-8-16-29(33)47(4,5)30-17-9-13-21-34(30)49)24-38(52)40(43(25)53)42-44(54)41(45(42)55)39-36(50)22-26(23-37(39)51)48-31-18-10-6-14-27(31)46(2,3)28-15-7-11-19-32(28)48/h6-24H,1-5H3,(H4,50,51,52,53,54,55)/p+1. The lowest BCUT2D eigenvalue weighted by Crippen LogP contribution is -2.31. The molecule has 0 aromatic heterocycles. The Morgan fingerprint density at radius 1 is 0.564 bits per heavy atom. The van der Waals surface area contributed by atoms with Crippen molar-refractivity contribution in [2.75, 3.05) is 4.90 Å². The van der Waals surface area contributed by atoms with Gasteiger partial charge in [0.1, 0.15) is 28.8 Å². The quantitative estimate of drug-likeness (QED) is 0.0906. The summed E-state index contributed by atoms with van der Waals surface area (Å²) in [6.45, 7) is 10.3. The van der Waals surface area contributed by atoms with Crippen LogP contribution in [0.1, 0.15) is 61.1 Å². The van der Waals surface area contributed by atoms with Crippen LogP contribution >= 0.6 is 0 Å². The van der Waals surface area contributed by atoms with Gasteiger partial charge in [0.15, 0.2) is 0 Å². The minimum Gasteiger partial charge on any atom is -0.507 e. The van der Waals surface area contributed by atoms with Gasteiger partial charge in [-0.2, -0.15) is 4.58 Å². The molecule has 0 unspecified atom stereocenters. The van der Waals surface area contributed by atoms with Crippen molar-refractivity contribution in [3.63, 3.8) is 0 Å². The number of fused-ring (bicyclic) bond motifs is 4. The molecule has 0 bridgehead atoms. The summed E-state index contributed by atoms with van der Waals surface area (Å²) in [6.07, 6.45) is 2.91. The van der Waals surface area contributed by atoms with E-state index in [1.54, 1.807) is 6.92 Å². The second kappa shape index (κ2) is 11.6. The van der Waals surface area contributed by atoms with Crippen LogP contribution in [0.5, 0.6) is 11.5 Å². The molecular formula is C47H39N2O6+. The van der Waals surface area contributed by atoms with Crippen LogP contribution in [0.3, 0.4) is 0 Å². The number of hydrogen-bond donors (Lipinski definition) is 5. The predicted octanol–water partition coefficient (Wildman–Crippen LogP) is 10.2. The third-order valence-electron chi connectivity index (χ3n) is 11.8. The summed E-state index contributed by atoms with van der Waals surface area (Å²) >= 11 is 0. The normalized spacial score (nSPS) is 17.8. The first kappa shape index (κ1) is 34.0. The van der Waals surface area contributed by atoms with Gasteiger partial charge in [0.25, 0.3) is 0 Å². The number of anilines is 3. The Bertz CT molecular complexity index is 2620. The number of carbonyl (C=O) groups excluding carboxylic acids is 1. The van der Waals surface area contributed by atoms with Crippen LogP contribution < -0.4 is 9.48 Å². The molecule has 2 aliphatic heterocycles. The average Bonchev–Trinajstić information content (AvgIpc) is 3.17. The number of hydrogen-bond acceptors (Lipinski definition) is 7. The van der Waals surface area contributed by atoms with E-state index < -0.39 is 28.8 Å². The van der Waals surface area contributed by atoms with Gasteiger partial charge < -0.3 is 30.4 Å². The number of aliphatic hydroxyl groups excluding tert-OH is 3. The van der Waals surface area contributed by atoms with Gasteiger partial charge in [-0.05, 0) is 30.2 Å². The minimum absolute atomic E-state index is 0.230. The van der Waals surface area contributed by atoms with Gasteiger partial charge in [-0.15, -0.1) is 0 Å². The average molecular weight is 728 g/mol. The maximum atomic E-state index is 13.9. The number of carbonyl (C=O) groups is 1. The maximum absolute atomic E-state index is 13.9. The molecule has 0 saturated heterocycles. The van der Waals surface area contributed by atoms with Gasteiger partial charge in [0.05, 0.1) is 51.5 Å². The van der Waals surface area contributed by atoms with Crippen molar-refractivity contribution in [3.8, 4) is 11.5 Å². The summed E-state index contributed by atoms with van der Waals surface area (Å²) < 4.78 is 1.95. The number of phenolic OH excluding ortho intramolecular Hbond substituents is 2. The van der Waals surface area contributed by atoms with Gasteiger partial charge in [0, 0.05) is 45.7 Å². The number of aliphatic hydroxyl groups is 3. The topological polar surface area (TPSA) is 124 Å². The largest absolute Gasteiger partial charge is 0.507 e. The van der Waals surface area contributed by atoms with Crippen molar-refractivity contribution in [1.29, 1.82) is 0 Å². The summed E-state index contributed by atoms with van der Waals surface area (Å²) in [5.74, 6) is -2.95. The second-order valence-corrected chi connectivity index (χ2v) is 15.5. The fraction of sp³-hybridized carbons (Fsp3) is 0.149. The molecule has 2 aliphatic carbocycles. The van der Waals surface area contributed by atoms with Crippen molar-refractivity contribution in [2.24, 2.45) is 0 Å². The van der Waals surface area contributed by atoms with Crippen molar-refractivity contribution in [1.82, 2.24) is 4.58 Å². The highest BCUT2D eigenvalue weighted by molar-refractivity contribution is 6.40. The summed E-state index contributed by atoms with van der Waals surface area (Å²) in [7, 11) is 0. The Kier molecular flexibility index (Phi) is 7.17. The Morgan fingerprint density at radius 2 is 1.02 bits per heavy atom. The minimum atomic E-state index is -0.751. The maximum Gasteiger partial charge on any atom is 0.219 e. The van der Waals surface area contributed by atoms with E-state index in [-0.39, 0.29) is 38.9 Å². The molecule has 5 aromatic rings. The van der Waals surface area contributed by atoms with E-state index in [1.807, 2.05) is 82.3 Å². The molecule has 0 fully saturated rings. The highest BCUT2D eigenvalue weighted by Crippen LogP contribution is 2.56. The lowest BCUT2D eigenvalue weighted by atomic mass is 9.73. The molecule has 0 amide bonds. The highest BCUT2D eigenvalue weighted by atomic mass is 16.3. The van der Waals surface area contributed by atoms with Crippen LogP contribution in [0.15, 0.2) is 144 Å². The molecule has 9 rings (SSSR count). The SMILES string of the molecule is Cc1c(N2c3ccccc3C(C)(C)c3ccccc32)cc(O)c(C2=C(O)C(=C3C(O)=CC(=[N+]4c5ccccc5C(C)(C)c5ccccc54)C=C3O)C2=O)c1O. The summed E-state index contributed by atoms with van der Waals surface area (Å²) in [5.41, 5.74) is 7.34. The van der Waals surface area contributed by atoms with Crippen molar-refractivity contribution >= 4 is 45.5 Å². The lowest BCUT2D eigenvalue weighted by molar-refractivity contribution is -0.111. The van der Waals surface area contributed by atoms with E-state index in [4.69, 9.17) is 0 Å². The first-order chi connectivity index (χ1) is 26.2. The van der Waals surface area contributed by atoms with Crippen LogP contribution in [0.2, 0.25) is 0 Å². The zero-order valence-electron chi connectivity index (χ0n) is 31.0. The van der Waals surface area contributed by atoms with E-state index in [0.29, 0.717) is 17.0 Å². The lowest BCUT2D eigenvalue weighted by Gasteiger charge is -2.42. The molecule has 55 heavy (non-hydrogen) atoms. The second-order valence-electron chi connectivity index (χ2n) is 15.5. The van der Waals surface area contributed by atoms with E-state index in [1.165, 1.54) is 18.2 Å². The van der Waals surface area contributed by atoms with Gasteiger partial charge in [-0.25, -0.2) is 0 Å². The number of rotatable bonds is 2. The molecule has 8 heteroatoms. The molecule has 2 heterocycles. The molecule has 8 nitrogen and oxygen atoms in total. The third-order valence-corrected chi connectivity index (χ3v) is 11.8. The Labute approximate surface area is 318 Å². The highest BCUT2D eigenvalue weighted by Gasteiger charge is 2.46. The van der Waals surface area contributed by atoms with Crippen molar-refractivity contribution in [3.05, 3.63) is 177 Å². The van der Waals surface area contributed by atoms with Crippen LogP contribution in [0.4, 0.5) is 28.4 Å². The third kappa shape index (κ3) is 4.57. The fourth-order valence-corrected chi connectivity index (χ4v) is 8.94. The van der Waals surface area contributed by atoms with Crippen molar-refractivity contribution < 1.29 is 30.3 Å². The van der Waals surface area contributed by atoms with Gasteiger partial charge >= 0.3 is 0 Å². The summed E-state index contributed by atoms with van der Waals surface area (Å²) in [4.78, 5) is 15.9. The molecule has 0 radical (unpaired) electrons. The van der Waals surface area contributed by atoms with Gasteiger partial charge in [0.2, 0.25) is 22.9 Å². The number of allylic oxidation sites excluding steroid dienone is 4. The Morgan fingerprint density at radius 3 is 1.53 bits per heavy atom. The molecule has 0 atom stereocenters. The molecule has 5 N–H and O–H groups in total. The monoisotopic (exact) mass is 727 g/mol. The number of ketones is 1. The van der Waals surface area contributed by atoms with Crippen LogP contribution in [0.25, 0.3) is 5.57 Å². The van der Waals surface area contributed by atoms with Gasteiger partial charge in [-0.3, -0.25) is 4.79 Å². The number of aromatic hydroxyl groups is 2. The van der Waals surface area contributed by atoms with Gasteiger partial charge in [-0.1, -0.05) is 100 Å². The van der Waals surface area contributed by atoms with Crippen LogP contribution in [-0.4, -0.2) is 37.0 Å². The number of para-hydroxylation sites is 4. The van der Waals surface area contributed by atoms with Crippen LogP contribution in [-0.2, 0) is 15.6 Å². The molecule has 0 spiro atoms. The molecule has 5 aromatic carbocycles. The van der Waals surface area contributed by atoms with E-state index >= 15 is 0 Å². The van der Waals surface area contributed by atoms with E-state index in [0.717, 1.165) is 45.0 Å². The van der Waals surface area contributed by atoms with Crippen LogP contribution in [0, 0.1) is 6.92 Å². The number of phenols is 2. The Balaban J connectivity index is 1.16. The molecule has 272 valence electrons. The summed E-state index contributed by atoms with van der Waals surface area (Å²) in [5, 5.41) is 57.6. The van der Waals surface area contributed by atoms with E-state index in [2.05, 4.69) is 52.0 Å². The molecule has 4 aliphatic rings. The first-order valence-corrected chi connectivity index (χ1v) is 18.2. The zero-order valence-corrected chi connectivity index (χ0v) is 31.0. The number of nitrogens with zero attached hydrogens (tertiary/aromatic N) is 2. The van der Waals surface area contributed by atoms with E-state index in [9.17, 15) is 30.3 Å². The molecular weight excluding hydrogens is 689 g/mol. The molecule has 0 saturated carbocycles. The summed E-state index contributed by atoms with van der Waals surface area (Å²) in [6, 6.07) is 33.4. The first-order valence-electron chi connectivity index (χ1n) is 18.2.